The van der Waals surface area contributed by atoms with Crippen LogP contribution in [0.1, 0.15) is 40.6 Å². The van der Waals surface area contributed by atoms with Crippen LogP contribution in [0.3, 0.4) is 0 Å². The van der Waals surface area contributed by atoms with E-state index in [0.29, 0.717) is 0 Å². The number of sulfone groups is 1. The number of aromatic carboxylic acids is 1. The number of rotatable bonds is 6. The van der Waals surface area contributed by atoms with Gasteiger partial charge >= 0.3 is 5.97 Å². The summed E-state index contributed by atoms with van der Waals surface area (Å²) in [7, 11) is -3.21. The molecule has 1 fully saturated rings. The van der Waals surface area contributed by atoms with E-state index in [9.17, 15) is 18.0 Å². The van der Waals surface area contributed by atoms with Crippen LogP contribution in [0.15, 0.2) is 18.3 Å². The van der Waals surface area contributed by atoms with E-state index in [1.807, 2.05) is 0 Å². The Labute approximate surface area is 128 Å². The summed E-state index contributed by atoms with van der Waals surface area (Å²) in [6.45, 7) is 1.69. The summed E-state index contributed by atoms with van der Waals surface area (Å²) < 4.78 is 22.9. The van der Waals surface area contributed by atoms with E-state index < -0.39 is 21.8 Å². The van der Waals surface area contributed by atoms with Gasteiger partial charge in [-0.15, -0.1) is 0 Å². The Hall–Kier alpha value is -1.96. The summed E-state index contributed by atoms with van der Waals surface area (Å²) >= 11 is 0. The fourth-order valence-electron chi connectivity index (χ4n) is 2.43. The fourth-order valence-corrected chi connectivity index (χ4v) is 3.46. The van der Waals surface area contributed by atoms with Crippen LogP contribution in [0, 0.1) is 0 Å². The van der Waals surface area contributed by atoms with Crippen molar-refractivity contribution >= 4 is 21.7 Å². The molecule has 8 heteroatoms. The third kappa shape index (κ3) is 4.03. The summed E-state index contributed by atoms with van der Waals surface area (Å²) in [5.41, 5.74) is -0.00276. The number of nitrogens with zero attached hydrogens (tertiary/aromatic N) is 2. The lowest BCUT2D eigenvalue weighted by molar-refractivity contribution is 0.0690. The molecular formula is C14H18N2O5S. The second kappa shape index (κ2) is 6.04. The number of carboxylic acid groups (broad SMARTS) is 1. The Morgan fingerprint density at radius 3 is 2.59 bits per heavy atom. The van der Waals surface area contributed by atoms with Crippen LogP contribution in [0.4, 0.5) is 0 Å². The standard InChI is InChI=1S/C14H18N2O5S/c1-9(8-22(2,20)21)16(11-3-4-11)13(17)10-5-6-15-12(7-10)14(18)19/h5-7,9,11H,3-4,8H2,1-2H3,(H,18,19). The maximum atomic E-state index is 12.6. The third-order valence-corrected chi connectivity index (χ3v) is 4.51. The molecule has 0 aromatic carbocycles. The Morgan fingerprint density at radius 2 is 2.09 bits per heavy atom. The summed E-state index contributed by atoms with van der Waals surface area (Å²) in [4.78, 5) is 28.8. The first-order chi connectivity index (χ1) is 10.2. The number of carbonyl (C=O) groups excluding carboxylic acids is 1. The molecule has 7 nitrogen and oxygen atoms in total. The lowest BCUT2D eigenvalue weighted by Gasteiger charge is -2.29. The van der Waals surface area contributed by atoms with E-state index in [2.05, 4.69) is 4.98 Å². The van der Waals surface area contributed by atoms with Gasteiger partial charge in [0.2, 0.25) is 0 Å². The van der Waals surface area contributed by atoms with Crippen molar-refractivity contribution in [1.29, 1.82) is 0 Å². The molecule has 2 rings (SSSR count). The van der Waals surface area contributed by atoms with E-state index in [1.54, 1.807) is 11.8 Å². The fraction of sp³-hybridized carbons (Fsp3) is 0.500. The number of carboxylic acids is 1. The Kier molecular flexibility index (Phi) is 4.50. The molecule has 0 bridgehead atoms. The lowest BCUT2D eigenvalue weighted by Crippen LogP contribution is -2.43. The first kappa shape index (κ1) is 16.4. The van der Waals surface area contributed by atoms with Gasteiger partial charge in [-0.05, 0) is 31.9 Å². The molecule has 1 aromatic heterocycles. The molecule has 1 saturated carbocycles. The van der Waals surface area contributed by atoms with Gasteiger partial charge in [-0.2, -0.15) is 0 Å². The molecular weight excluding hydrogens is 308 g/mol. The topological polar surface area (TPSA) is 105 Å². The first-order valence-electron chi connectivity index (χ1n) is 6.89. The molecule has 1 aromatic rings. The van der Waals surface area contributed by atoms with Gasteiger partial charge in [0.25, 0.3) is 5.91 Å². The molecule has 1 aliphatic carbocycles. The molecule has 22 heavy (non-hydrogen) atoms. The van der Waals surface area contributed by atoms with Crippen molar-refractivity contribution in [2.45, 2.75) is 31.8 Å². The molecule has 120 valence electrons. The summed E-state index contributed by atoms with van der Waals surface area (Å²) in [5, 5.41) is 8.95. The average molecular weight is 326 g/mol. The zero-order valence-electron chi connectivity index (χ0n) is 12.4. The summed E-state index contributed by atoms with van der Waals surface area (Å²) in [6, 6.07) is 2.21. The van der Waals surface area contributed by atoms with Gasteiger partial charge in [-0.3, -0.25) is 4.79 Å². The van der Waals surface area contributed by atoms with Gasteiger partial charge in [-0.25, -0.2) is 18.2 Å². The van der Waals surface area contributed by atoms with Crippen molar-refractivity contribution in [2.75, 3.05) is 12.0 Å². The smallest absolute Gasteiger partial charge is 0.354 e. The van der Waals surface area contributed by atoms with Gasteiger partial charge < -0.3 is 10.0 Å². The second-order valence-corrected chi connectivity index (χ2v) is 7.80. The molecule has 1 aliphatic rings. The van der Waals surface area contributed by atoms with Gasteiger partial charge in [0.05, 0.1) is 5.75 Å². The molecule has 1 heterocycles. The number of pyridine rings is 1. The molecule has 1 unspecified atom stereocenters. The number of hydrogen-bond acceptors (Lipinski definition) is 5. The highest BCUT2D eigenvalue weighted by Gasteiger charge is 2.37. The van der Waals surface area contributed by atoms with Crippen molar-refractivity contribution in [2.24, 2.45) is 0 Å². The first-order valence-corrected chi connectivity index (χ1v) is 8.95. The number of hydrogen-bond donors (Lipinski definition) is 1. The van der Waals surface area contributed by atoms with Crippen LogP contribution >= 0.6 is 0 Å². The highest BCUT2D eigenvalue weighted by molar-refractivity contribution is 7.90. The summed E-state index contributed by atoms with van der Waals surface area (Å²) in [5.74, 6) is -1.69. The quantitative estimate of drug-likeness (QED) is 0.830. The number of carbonyl (C=O) groups is 2. The van der Waals surface area contributed by atoms with Crippen LogP contribution in [0.5, 0.6) is 0 Å². The minimum Gasteiger partial charge on any atom is -0.477 e. The normalized spacial score (nSPS) is 16.1. The lowest BCUT2D eigenvalue weighted by atomic mass is 10.1. The Bertz CT molecular complexity index is 697. The van der Waals surface area contributed by atoms with E-state index in [-0.39, 0.29) is 29.0 Å². The average Bonchev–Trinajstić information content (AvgIpc) is 3.21. The monoisotopic (exact) mass is 326 g/mol. The van der Waals surface area contributed by atoms with Gasteiger partial charge in [-0.1, -0.05) is 0 Å². The SMILES string of the molecule is CC(CS(C)(=O)=O)N(C(=O)c1ccnc(C(=O)O)c1)C1CC1. The molecule has 0 spiro atoms. The number of aromatic nitrogens is 1. The minimum absolute atomic E-state index is 0.0192. The highest BCUT2D eigenvalue weighted by Crippen LogP contribution is 2.30. The zero-order valence-corrected chi connectivity index (χ0v) is 13.2. The predicted molar refractivity (Wildman–Crippen MR) is 79.6 cm³/mol. The van der Waals surface area contributed by atoms with Crippen molar-refractivity contribution in [3.63, 3.8) is 0 Å². The van der Waals surface area contributed by atoms with Crippen molar-refractivity contribution < 1.29 is 23.1 Å². The van der Waals surface area contributed by atoms with Crippen molar-refractivity contribution in [1.82, 2.24) is 9.88 Å². The van der Waals surface area contributed by atoms with E-state index in [4.69, 9.17) is 5.11 Å². The molecule has 1 atom stereocenters. The maximum absolute atomic E-state index is 12.6. The van der Waals surface area contributed by atoms with Crippen molar-refractivity contribution in [3.05, 3.63) is 29.6 Å². The van der Waals surface area contributed by atoms with Gasteiger partial charge in [0.15, 0.2) is 0 Å². The van der Waals surface area contributed by atoms with Gasteiger partial charge in [0.1, 0.15) is 15.5 Å². The third-order valence-electron chi connectivity index (χ3n) is 3.42. The molecule has 1 amide bonds. The van der Waals surface area contributed by atoms with Crippen LogP contribution in [0.2, 0.25) is 0 Å². The zero-order chi connectivity index (χ0) is 16.5. The summed E-state index contributed by atoms with van der Waals surface area (Å²) in [6.07, 6.45) is 4.06. The maximum Gasteiger partial charge on any atom is 0.354 e. The second-order valence-electron chi connectivity index (χ2n) is 5.62. The molecule has 0 saturated heterocycles. The van der Waals surface area contributed by atoms with Crippen LogP contribution < -0.4 is 0 Å². The van der Waals surface area contributed by atoms with E-state index in [1.165, 1.54) is 18.3 Å². The Morgan fingerprint density at radius 1 is 1.45 bits per heavy atom. The predicted octanol–water partition coefficient (Wildman–Crippen LogP) is 0.817. The van der Waals surface area contributed by atoms with E-state index >= 15 is 0 Å². The largest absolute Gasteiger partial charge is 0.477 e. The highest BCUT2D eigenvalue weighted by atomic mass is 32.2. The molecule has 0 aliphatic heterocycles. The van der Waals surface area contributed by atoms with E-state index in [0.717, 1.165) is 19.1 Å². The number of amides is 1. The van der Waals surface area contributed by atoms with Crippen LogP contribution in [-0.4, -0.2) is 59.4 Å². The molecule has 0 radical (unpaired) electrons. The van der Waals surface area contributed by atoms with Crippen LogP contribution in [-0.2, 0) is 9.84 Å². The van der Waals surface area contributed by atoms with Gasteiger partial charge in [0, 0.05) is 30.1 Å². The molecule has 1 N–H and O–H groups in total. The van der Waals surface area contributed by atoms with Crippen LogP contribution in [0.25, 0.3) is 0 Å². The Balaban J connectivity index is 2.27. The van der Waals surface area contributed by atoms with Crippen molar-refractivity contribution in [3.8, 4) is 0 Å². The minimum atomic E-state index is -3.21.